The molecule has 7 nitrogen and oxygen atoms in total. The van der Waals surface area contributed by atoms with Crippen LogP contribution in [0.5, 0.6) is 0 Å². The molecule has 1 saturated carbocycles. The Morgan fingerprint density at radius 1 is 1.23 bits per heavy atom. The predicted octanol–water partition coefficient (Wildman–Crippen LogP) is 4.14. The second-order valence-electron chi connectivity index (χ2n) is 7.34. The van der Waals surface area contributed by atoms with Gasteiger partial charge in [-0.05, 0) is 25.8 Å². The molecule has 0 radical (unpaired) electrons. The Morgan fingerprint density at radius 2 is 2.00 bits per heavy atom. The first-order valence-electron chi connectivity index (χ1n) is 9.78. The minimum absolute atomic E-state index is 0.0441. The molecule has 158 valence electrons. The Hall–Kier alpha value is -3.17. The van der Waals surface area contributed by atoms with Crippen LogP contribution in [0, 0.1) is 5.82 Å². The number of anilines is 2. The molecule has 3 aromatic heterocycles. The van der Waals surface area contributed by atoms with Crippen LogP contribution in [-0.4, -0.2) is 44.2 Å². The summed E-state index contributed by atoms with van der Waals surface area (Å²) in [4.78, 5) is 28.2. The summed E-state index contributed by atoms with van der Waals surface area (Å²) in [6.07, 6.45) is 4.16. The fourth-order valence-corrected chi connectivity index (χ4v) is 3.65. The van der Waals surface area contributed by atoms with Gasteiger partial charge in [0.2, 0.25) is 5.92 Å². The summed E-state index contributed by atoms with van der Waals surface area (Å²) in [7, 11) is 0. The number of hydrogen-bond acceptors (Lipinski definition) is 6. The number of hydrogen-bond donors (Lipinski definition) is 3. The quantitative estimate of drug-likeness (QED) is 0.521. The topological polar surface area (TPSA) is 95.6 Å². The third kappa shape index (κ3) is 3.94. The second kappa shape index (κ2) is 7.92. The molecule has 0 aromatic carbocycles. The highest BCUT2D eigenvalue weighted by Crippen LogP contribution is 2.34. The Labute approximate surface area is 170 Å². The third-order valence-corrected chi connectivity index (χ3v) is 5.22. The van der Waals surface area contributed by atoms with Crippen molar-refractivity contribution in [3.63, 3.8) is 0 Å². The summed E-state index contributed by atoms with van der Waals surface area (Å²) >= 11 is 0. The van der Waals surface area contributed by atoms with Gasteiger partial charge >= 0.3 is 0 Å². The van der Waals surface area contributed by atoms with Crippen molar-refractivity contribution in [3.05, 3.63) is 41.7 Å². The number of H-pyrrole nitrogens is 1. The molecule has 0 amide bonds. The van der Waals surface area contributed by atoms with E-state index in [9.17, 15) is 18.0 Å². The average molecular weight is 418 g/mol. The fourth-order valence-electron chi connectivity index (χ4n) is 3.65. The molecule has 0 spiro atoms. The van der Waals surface area contributed by atoms with E-state index >= 15 is 0 Å². The summed E-state index contributed by atoms with van der Waals surface area (Å²) in [5, 5.41) is 6.48. The molecular weight excluding hydrogens is 397 g/mol. The van der Waals surface area contributed by atoms with Crippen molar-refractivity contribution in [1.29, 1.82) is 0 Å². The van der Waals surface area contributed by atoms with Gasteiger partial charge in [0.1, 0.15) is 17.8 Å². The lowest BCUT2D eigenvalue weighted by atomic mass is 9.92. The van der Waals surface area contributed by atoms with E-state index in [1.807, 2.05) is 6.92 Å². The molecule has 3 N–H and O–H groups in total. The van der Waals surface area contributed by atoms with Crippen molar-refractivity contribution in [2.75, 3.05) is 17.2 Å². The molecule has 0 atom stereocenters. The second-order valence-corrected chi connectivity index (χ2v) is 7.34. The zero-order chi connectivity index (χ0) is 21.3. The molecular formula is C20H21F3N6O. The van der Waals surface area contributed by atoms with Gasteiger partial charge in [-0.1, -0.05) is 0 Å². The lowest BCUT2D eigenvalue weighted by Crippen LogP contribution is -2.32. The maximum atomic E-state index is 14.6. The van der Waals surface area contributed by atoms with Crippen molar-refractivity contribution in [2.24, 2.45) is 0 Å². The lowest BCUT2D eigenvalue weighted by molar-refractivity contribution is -0.0361. The minimum Gasteiger partial charge on any atom is -0.370 e. The molecule has 0 saturated heterocycles. The van der Waals surface area contributed by atoms with Crippen molar-refractivity contribution in [1.82, 2.24) is 19.9 Å². The van der Waals surface area contributed by atoms with E-state index in [4.69, 9.17) is 0 Å². The Morgan fingerprint density at radius 3 is 2.70 bits per heavy atom. The number of aromatic amines is 1. The van der Waals surface area contributed by atoms with Crippen LogP contribution in [0.3, 0.4) is 0 Å². The first-order valence-corrected chi connectivity index (χ1v) is 9.78. The summed E-state index contributed by atoms with van der Waals surface area (Å²) in [6, 6.07) is 0.826. The van der Waals surface area contributed by atoms with E-state index in [0.29, 0.717) is 29.0 Å². The molecule has 1 aliphatic carbocycles. The SMILES string of the molecule is CCNc1ncnc2[nH]cc(C(=O)c3cnc(NC4CCC(F)(F)CC4)c(F)c3)c12. The average Bonchev–Trinajstić information content (AvgIpc) is 3.16. The zero-order valence-corrected chi connectivity index (χ0v) is 16.3. The Balaban J connectivity index is 1.56. The smallest absolute Gasteiger partial charge is 0.248 e. The number of rotatable bonds is 6. The normalized spacial score (nSPS) is 16.5. The highest BCUT2D eigenvalue weighted by atomic mass is 19.3. The van der Waals surface area contributed by atoms with Gasteiger partial charge in [-0.3, -0.25) is 4.79 Å². The van der Waals surface area contributed by atoms with E-state index in [-0.39, 0.29) is 43.1 Å². The monoisotopic (exact) mass is 418 g/mol. The molecule has 1 fully saturated rings. The maximum Gasteiger partial charge on any atom is 0.248 e. The number of fused-ring (bicyclic) bond motifs is 1. The molecule has 4 rings (SSSR count). The third-order valence-electron chi connectivity index (χ3n) is 5.22. The molecule has 3 aromatic rings. The molecule has 0 aliphatic heterocycles. The molecule has 0 unspecified atom stereocenters. The first kappa shape index (κ1) is 20.1. The molecule has 1 aliphatic rings. The summed E-state index contributed by atoms with van der Waals surface area (Å²) in [5.41, 5.74) is 0.864. The number of carbonyl (C=O) groups is 1. The highest BCUT2D eigenvalue weighted by molar-refractivity contribution is 6.17. The number of nitrogens with one attached hydrogen (secondary N) is 3. The number of halogens is 3. The van der Waals surface area contributed by atoms with Crippen molar-refractivity contribution < 1.29 is 18.0 Å². The zero-order valence-electron chi connectivity index (χ0n) is 16.3. The van der Waals surface area contributed by atoms with E-state index in [1.165, 1.54) is 18.7 Å². The fraction of sp³-hybridized carbons (Fsp3) is 0.400. The number of pyridine rings is 1. The summed E-state index contributed by atoms with van der Waals surface area (Å²) < 4.78 is 41.2. The highest BCUT2D eigenvalue weighted by Gasteiger charge is 2.35. The van der Waals surface area contributed by atoms with Crippen molar-refractivity contribution in [3.8, 4) is 0 Å². The maximum absolute atomic E-state index is 14.6. The number of aromatic nitrogens is 4. The van der Waals surface area contributed by atoms with Gasteiger partial charge in [0.15, 0.2) is 17.4 Å². The molecule has 10 heteroatoms. The number of ketones is 1. The van der Waals surface area contributed by atoms with E-state index < -0.39 is 17.5 Å². The van der Waals surface area contributed by atoms with Crippen LogP contribution >= 0.6 is 0 Å². The number of carbonyl (C=O) groups excluding carboxylic acids is 1. The van der Waals surface area contributed by atoms with Crippen LogP contribution in [-0.2, 0) is 0 Å². The first-order chi connectivity index (χ1) is 14.4. The van der Waals surface area contributed by atoms with Crippen LogP contribution in [0.25, 0.3) is 11.0 Å². The largest absolute Gasteiger partial charge is 0.370 e. The van der Waals surface area contributed by atoms with Crippen LogP contribution < -0.4 is 10.6 Å². The van der Waals surface area contributed by atoms with Crippen LogP contribution in [0.2, 0.25) is 0 Å². The Kier molecular flexibility index (Phi) is 5.31. The van der Waals surface area contributed by atoms with Gasteiger partial charge in [-0.2, -0.15) is 0 Å². The van der Waals surface area contributed by atoms with Crippen LogP contribution in [0.1, 0.15) is 48.5 Å². The van der Waals surface area contributed by atoms with Gasteiger partial charge in [-0.15, -0.1) is 0 Å². The standard InChI is InChI=1S/C20H21F3N6O/c1-2-24-18-15-13(9-26-19(15)28-10-27-18)16(30)11-7-14(21)17(25-8-11)29-12-3-5-20(22,23)6-4-12/h7-10,12H,2-6H2,1H3,(H,25,29)(H2,24,26,27,28). The predicted molar refractivity (Wildman–Crippen MR) is 107 cm³/mol. The van der Waals surface area contributed by atoms with Gasteiger partial charge in [0.05, 0.1) is 10.9 Å². The van der Waals surface area contributed by atoms with Gasteiger partial charge < -0.3 is 15.6 Å². The number of nitrogens with zero attached hydrogens (tertiary/aromatic N) is 3. The van der Waals surface area contributed by atoms with E-state index in [0.717, 1.165) is 6.07 Å². The number of alkyl halides is 2. The Bertz CT molecular complexity index is 1070. The van der Waals surface area contributed by atoms with Gasteiger partial charge in [0, 0.05) is 43.4 Å². The van der Waals surface area contributed by atoms with Gasteiger partial charge in [-0.25, -0.2) is 28.1 Å². The van der Waals surface area contributed by atoms with Crippen LogP contribution in [0.15, 0.2) is 24.8 Å². The molecule has 30 heavy (non-hydrogen) atoms. The molecule has 0 bridgehead atoms. The molecule has 3 heterocycles. The minimum atomic E-state index is -2.66. The lowest BCUT2D eigenvalue weighted by Gasteiger charge is -2.29. The van der Waals surface area contributed by atoms with Crippen molar-refractivity contribution >= 4 is 28.5 Å². The summed E-state index contributed by atoms with van der Waals surface area (Å²) in [6.45, 7) is 2.51. The van der Waals surface area contributed by atoms with E-state index in [1.54, 1.807) is 0 Å². The van der Waals surface area contributed by atoms with Gasteiger partial charge in [0.25, 0.3) is 0 Å². The summed E-state index contributed by atoms with van der Waals surface area (Å²) in [5.74, 6) is -3.33. The van der Waals surface area contributed by atoms with Crippen LogP contribution in [0.4, 0.5) is 24.8 Å². The van der Waals surface area contributed by atoms with E-state index in [2.05, 4.69) is 30.6 Å². The van der Waals surface area contributed by atoms with Crippen molar-refractivity contribution in [2.45, 2.75) is 44.6 Å².